The van der Waals surface area contributed by atoms with Gasteiger partial charge in [-0.25, -0.2) is 0 Å². The summed E-state index contributed by atoms with van der Waals surface area (Å²) < 4.78 is 6.22. The fourth-order valence-electron chi connectivity index (χ4n) is 4.03. The van der Waals surface area contributed by atoms with E-state index in [9.17, 15) is 0 Å². The highest BCUT2D eigenvalue weighted by Crippen LogP contribution is 2.58. The summed E-state index contributed by atoms with van der Waals surface area (Å²) in [5.74, 6) is 0.986. The predicted octanol–water partition coefficient (Wildman–Crippen LogP) is 5.97. The monoisotopic (exact) mass is 411 g/mol. The molecule has 150 valence electrons. The first-order valence-corrected chi connectivity index (χ1v) is 12.5. The molecule has 0 radical (unpaired) electrons. The zero-order chi connectivity index (χ0) is 20.8. The summed E-state index contributed by atoms with van der Waals surface area (Å²) in [6.07, 6.45) is 1.07. The smallest absolute Gasteiger partial charge is 0.126 e. The van der Waals surface area contributed by atoms with Crippen molar-refractivity contribution in [1.29, 1.82) is 0 Å². The van der Waals surface area contributed by atoms with E-state index >= 15 is 0 Å². The minimum absolute atomic E-state index is 0.143. The van der Waals surface area contributed by atoms with Gasteiger partial charge >= 0.3 is 0 Å². The van der Waals surface area contributed by atoms with Gasteiger partial charge in [0.2, 0.25) is 0 Å². The van der Waals surface area contributed by atoms with Gasteiger partial charge in [-0.05, 0) is 56.3 Å². The van der Waals surface area contributed by atoms with Crippen LogP contribution >= 0.6 is 7.26 Å². The van der Waals surface area contributed by atoms with Crippen LogP contribution < -0.4 is 20.7 Å². The number of hydrogen-bond donors (Lipinski definition) is 0. The van der Waals surface area contributed by atoms with E-state index in [1.165, 1.54) is 21.5 Å². The van der Waals surface area contributed by atoms with Crippen LogP contribution in [-0.2, 0) is 6.16 Å². The lowest BCUT2D eigenvalue weighted by Crippen LogP contribution is -2.32. The number of benzene rings is 4. The Kier molecular flexibility index (Phi) is 6.31. The Labute approximate surface area is 180 Å². The van der Waals surface area contributed by atoms with Crippen LogP contribution in [0.25, 0.3) is 0 Å². The topological polar surface area (TPSA) is 9.23 Å². The Morgan fingerprint density at radius 3 is 1.40 bits per heavy atom. The standard InChI is InChI=1S/C28H28OP/c1-23(2)29-28-21-13-12-14-24(28)22-30(25-15-6-3-7-16-25,26-17-8-4-9-18-26)27-19-10-5-11-20-27/h3-21,23H,22H2,1-2H3/q+1. The van der Waals surface area contributed by atoms with Gasteiger partial charge in [0.1, 0.15) is 35.1 Å². The lowest BCUT2D eigenvalue weighted by Gasteiger charge is -2.28. The average molecular weight is 412 g/mol. The van der Waals surface area contributed by atoms with Crippen LogP contribution in [0, 0.1) is 0 Å². The summed E-state index contributed by atoms with van der Waals surface area (Å²) in [5, 5.41) is 4.17. The van der Waals surface area contributed by atoms with E-state index in [2.05, 4.69) is 129 Å². The van der Waals surface area contributed by atoms with Crippen molar-refractivity contribution in [3.05, 3.63) is 121 Å². The molecule has 4 aromatic carbocycles. The SMILES string of the molecule is CC(C)Oc1ccccc1C[P+](c1ccccc1)(c1ccccc1)c1ccccc1. The van der Waals surface area contributed by atoms with Crippen molar-refractivity contribution in [1.82, 2.24) is 0 Å². The quantitative estimate of drug-likeness (QED) is 0.341. The summed E-state index contributed by atoms with van der Waals surface area (Å²) in [7, 11) is -1.93. The van der Waals surface area contributed by atoms with Crippen molar-refractivity contribution in [2.75, 3.05) is 0 Å². The van der Waals surface area contributed by atoms with E-state index in [4.69, 9.17) is 4.74 Å². The van der Waals surface area contributed by atoms with Gasteiger partial charge in [-0.3, -0.25) is 0 Å². The molecule has 0 saturated carbocycles. The van der Waals surface area contributed by atoms with Crippen LogP contribution in [0.4, 0.5) is 0 Å². The van der Waals surface area contributed by atoms with Crippen LogP contribution in [0.5, 0.6) is 5.75 Å². The summed E-state index contributed by atoms with van der Waals surface area (Å²) in [5.41, 5.74) is 1.26. The van der Waals surface area contributed by atoms with Gasteiger partial charge in [0, 0.05) is 5.56 Å². The van der Waals surface area contributed by atoms with E-state index in [1.54, 1.807) is 0 Å². The Morgan fingerprint density at radius 2 is 0.967 bits per heavy atom. The summed E-state index contributed by atoms with van der Waals surface area (Å²) in [4.78, 5) is 0. The molecule has 1 nitrogen and oxygen atoms in total. The number of para-hydroxylation sites is 1. The third-order valence-electron chi connectivity index (χ3n) is 5.33. The van der Waals surface area contributed by atoms with Crippen LogP contribution in [0.2, 0.25) is 0 Å². The highest BCUT2D eigenvalue weighted by Gasteiger charge is 2.45. The Morgan fingerprint density at radius 1 is 0.567 bits per heavy atom. The molecule has 30 heavy (non-hydrogen) atoms. The largest absolute Gasteiger partial charge is 0.491 e. The molecule has 4 aromatic rings. The van der Waals surface area contributed by atoms with Crippen LogP contribution in [0.15, 0.2) is 115 Å². The molecular weight excluding hydrogens is 383 g/mol. The molecule has 0 fully saturated rings. The fraction of sp³-hybridized carbons (Fsp3) is 0.143. The fourth-order valence-corrected chi connectivity index (χ4v) is 8.29. The maximum Gasteiger partial charge on any atom is 0.126 e. The molecule has 0 heterocycles. The second-order valence-electron chi connectivity index (χ2n) is 7.75. The van der Waals surface area contributed by atoms with Gasteiger partial charge in [0.15, 0.2) is 0 Å². The number of hydrogen-bond acceptors (Lipinski definition) is 1. The molecule has 0 atom stereocenters. The second-order valence-corrected chi connectivity index (χ2v) is 11.2. The van der Waals surface area contributed by atoms with Crippen LogP contribution in [-0.4, -0.2) is 6.10 Å². The Balaban J connectivity index is 1.97. The van der Waals surface area contributed by atoms with Gasteiger partial charge in [-0.15, -0.1) is 0 Å². The molecule has 4 rings (SSSR count). The van der Waals surface area contributed by atoms with E-state index in [-0.39, 0.29) is 6.10 Å². The molecule has 0 unspecified atom stereocenters. The van der Waals surface area contributed by atoms with E-state index < -0.39 is 7.26 Å². The minimum atomic E-state index is -1.93. The second kappa shape index (κ2) is 9.28. The molecule has 0 saturated heterocycles. The maximum absolute atomic E-state index is 6.22. The Hall–Kier alpha value is -2.89. The van der Waals surface area contributed by atoms with Crippen molar-refractivity contribution < 1.29 is 4.74 Å². The van der Waals surface area contributed by atoms with Gasteiger partial charge in [0.25, 0.3) is 0 Å². The molecular formula is C28H28OP+. The molecule has 0 N–H and O–H groups in total. The molecule has 2 heteroatoms. The Bertz CT molecular complexity index is 963. The normalized spacial score (nSPS) is 11.4. The average Bonchev–Trinajstić information content (AvgIpc) is 2.80. The third kappa shape index (κ3) is 4.18. The molecule has 0 amide bonds. The highest BCUT2D eigenvalue weighted by atomic mass is 31.2. The molecule has 0 aromatic heterocycles. The zero-order valence-corrected chi connectivity index (χ0v) is 18.5. The minimum Gasteiger partial charge on any atom is -0.491 e. The first-order valence-electron chi connectivity index (χ1n) is 10.5. The first kappa shape index (κ1) is 20.4. The predicted molar refractivity (Wildman–Crippen MR) is 131 cm³/mol. The van der Waals surface area contributed by atoms with Gasteiger partial charge in [-0.2, -0.15) is 0 Å². The van der Waals surface area contributed by atoms with Crippen LogP contribution in [0.3, 0.4) is 0 Å². The summed E-state index contributed by atoms with van der Waals surface area (Å²) in [6.45, 7) is 4.18. The van der Waals surface area contributed by atoms with Crippen LogP contribution in [0.1, 0.15) is 19.4 Å². The van der Waals surface area contributed by atoms with Gasteiger partial charge in [-0.1, -0.05) is 72.8 Å². The van der Waals surface area contributed by atoms with Crippen molar-refractivity contribution in [2.45, 2.75) is 26.1 Å². The molecule has 0 bridgehead atoms. The van der Waals surface area contributed by atoms with E-state index in [1.807, 2.05) is 0 Å². The van der Waals surface area contributed by atoms with Gasteiger partial charge in [0.05, 0.1) is 6.10 Å². The van der Waals surface area contributed by atoms with E-state index in [0.717, 1.165) is 11.9 Å². The molecule has 0 aliphatic heterocycles. The first-order chi connectivity index (χ1) is 14.7. The number of ether oxygens (including phenoxy) is 1. The van der Waals surface area contributed by atoms with Gasteiger partial charge < -0.3 is 4.74 Å². The maximum atomic E-state index is 6.22. The molecule has 0 aliphatic rings. The third-order valence-corrected chi connectivity index (χ3v) is 9.69. The lowest BCUT2D eigenvalue weighted by atomic mass is 10.2. The molecule has 0 spiro atoms. The number of rotatable bonds is 7. The van der Waals surface area contributed by atoms with E-state index in [0.29, 0.717) is 0 Å². The molecule has 0 aliphatic carbocycles. The summed E-state index contributed by atoms with van der Waals surface area (Å²) in [6, 6.07) is 41.5. The van der Waals surface area contributed by atoms with Crippen molar-refractivity contribution in [3.63, 3.8) is 0 Å². The van der Waals surface area contributed by atoms with Crippen molar-refractivity contribution in [2.24, 2.45) is 0 Å². The van der Waals surface area contributed by atoms with Crippen molar-refractivity contribution >= 4 is 23.2 Å². The lowest BCUT2D eigenvalue weighted by molar-refractivity contribution is 0.240. The highest BCUT2D eigenvalue weighted by molar-refractivity contribution is 7.95. The zero-order valence-electron chi connectivity index (χ0n) is 17.6. The van der Waals surface area contributed by atoms with Crippen molar-refractivity contribution in [3.8, 4) is 5.75 Å². The summed E-state index contributed by atoms with van der Waals surface area (Å²) >= 11 is 0.